The maximum atomic E-state index is 12.3. The van der Waals surface area contributed by atoms with Gasteiger partial charge in [-0.05, 0) is 29.8 Å². The Bertz CT molecular complexity index is 907. The Morgan fingerprint density at radius 3 is 2.59 bits per heavy atom. The van der Waals surface area contributed by atoms with E-state index in [4.69, 9.17) is 11.6 Å². The van der Waals surface area contributed by atoms with Crippen LogP contribution in [0.3, 0.4) is 0 Å². The van der Waals surface area contributed by atoms with Crippen molar-refractivity contribution in [3.05, 3.63) is 64.1 Å². The molecule has 0 spiro atoms. The summed E-state index contributed by atoms with van der Waals surface area (Å²) in [5.41, 5.74) is 1.83. The molecule has 0 bridgehead atoms. The van der Waals surface area contributed by atoms with Crippen LogP contribution in [0.15, 0.2) is 48.5 Å². The fraction of sp³-hybridized carbons (Fsp3) is 0.250. The predicted molar refractivity (Wildman–Crippen MR) is 109 cm³/mol. The number of hydrogen-bond donors (Lipinski definition) is 2. The van der Waals surface area contributed by atoms with Crippen molar-refractivity contribution in [1.82, 2.24) is 15.6 Å². The number of thiazole rings is 1. The molecule has 1 atom stereocenters. The summed E-state index contributed by atoms with van der Waals surface area (Å²) >= 11 is 7.55. The van der Waals surface area contributed by atoms with Crippen molar-refractivity contribution in [3.63, 3.8) is 0 Å². The molecule has 0 aliphatic rings. The van der Waals surface area contributed by atoms with Gasteiger partial charge in [0.25, 0.3) is 0 Å². The van der Waals surface area contributed by atoms with Crippen LogP contribution < -0.4 is 10.6 Å². The van der Waals surface area contributed by atoms with Crippen LogP contribution >= 0.6 is 22.9 Å². The van der Waals surface area contributed by atoms with Crippen LogP contribution in [0.25, 0.3) is 10.2 Å². The molecule has 0 saturated heterocycles. The minimum atomic E-state index is -0.387. The zero-order valence-electron chi connectivity index (χ0n) is 14.9. The van der Waals surface area contributed by atoms with Gasteiger partial charge in [-0.15, -0.1) is 11.3 Å². The molecule has 2 aromatic carbocycles. The van der Waals surface area contributed by atoms with Crippen LogP contribution in [-0.4, -0.2) is 23.3 Å². The van der Waals surface area contributed by atoms with Gasteiger partial charge in [0.1, 0.15) is 0 Å². The second-order valence-electron chi connectivity index (χ2n) is 6.18. The number of carbonyl (C=O) groups is 2. The zero-order valence-corrected chi connectivity index (χ0v) is 16.4. The van der Waals surface area contributed by atoms with E-state index in [1.807, 2.05) is 36.4 Å². The van der Waals surface area contributed by atoms with Crippen molar-refractivity contribution in [2.24, 2.45) is 0 Å². The Labute approximate surface area is 166 Å². The number of nitrogens with one attached hydrogen (secondary N) is 2. The molecule has 1 unspecified atom stereocenters. The van der Waals surface area contributed by atoms with Gasteiger partial charge < -0.3 is 10.6 Å². The predicted octanol–water partition coefficient (Wildman–Crippen LogP) is 3.88. The van der Waals surface area contributed by atoms with Gasteiger partial charge in [-0.1, -0.05) is 35.9 Å². The zero-order chi connectivity index (χ0) is 19.2. The Morgan fingerprint density at radius 1 is 1.15 bits per heavy atom. The molecule has 2 N–H and O–H groups in total. The van der Waals surface area contributed by atoms with E-state index in [1.54, 1.807) is 23.5 Å². The number of hydrogen-bond acceptors (Lipinski definition) is 4. The lowest BCUT2D eigenvalue weighted by Gasteiger charge is -2.18. The summed E-state index contributed by atoms with van der Waals surface area (Å²) in [5, 5.41) is 7.33. The van der Waals surface area contributed by atoms with Gasteiger partial charge in [-0.2, -0.15) is 0 Å². The molecule has 1 aromatic heterocycles. The molecule has 2 amide bonds. The molecular formula is C20H20ClN3O2S. The fourth-order valence-electron chi connectivity index (χ4n) is 2.79. The summed E-state index contributed by atoms with van der Waals surface area (Å²) in [6, 6.07) is 14.7. The molecule has 3 aromatic rings. The third-order valence-electron chi connectivity index (χ3n) is 4.04. The number of carbonyl (C=O) groups excluding carboxylic acids is 2. The molecule has 27 heavy (non-hydrogen) atoms. The van der Waals surface area contributed by atoms with Crippen molar-refractivity contribution in [3.8, 4) is 0 Å². The highest BCUT2D eigenvalue weighted by molar-refractivity contribution is 7.18. The Balaban J connectivity index is 1.55. The molecule has 1 heterocycles. The van der Waals surface area contributed by atoms with E-state index in [0.717, 1.165) is 20.8 Å². The van der Waals surface area contributed by atoms with Crippen molar-refractivity contribution >= 4 is 45.0 Å². The summed E-state index contributed by atoms with van der Waals surface area (Å²) in [7, 11) is 0. The van der Waals surface area contributed by atoms with Crippen LogP contribution in [0.4, 0.5) is 0 Å². The Kier molecular flexibility index (Phi) is 6.42. The van der Waals surface area contributed by atoms with E-state index in [-0.39, 0.29) is 24.3 Å². The first-order valence-corrected chi connectivity index (χ1v) is 9.84. The first-order chi connectivity index (χ1) is 13.0. The molecule has 7 heteroatoms. The molecule has 0 saturated carbocycles. The van der Waals surface area contributed by atoms with Crippen LogP contribution in [0, 0.1) is 0 Å². The van der Waals surface area contributed by atoms with Gasteiger partial charge in [0, 0.05) is 24.9 Å². The van der Waals surface area contributed by atoms with E-state index >= 15 is 0 Å². The lowest BCUT2D eigenvalue weighted by Crippen LogP contribution is -2.33. The third-order valence-corrected chi connectivity index (χ3v) is 5.39. The first-order valence-electron chi connectivity index (χ1n) is 8.65. The fourth-order valence-corrected chi connectivity index (χ4v) is 3.88. The Hall–Kier alpha value is -2.44. The number of amides is 2. The quantitative estimate of drug-likeness (QED) is 0.631. The minimum absolute atomic E-state index is 0.121. The largest absolute Gasteiger partial charge is 0.356 e. The van der Waals surface area contributed by atoms with E-state index in [9.17, 15) is 9.59 Å². The maximum Gasteiger partial charge on any atom is 0.222 e. The highest BCUT2D eigenvalue weighted by atomic mass is 35.5. The lowest BCUT2D eigenvalue weighted by molar-refractivity contribution is -0.122. The van der Waals surface area contributed by atoms with Gasteiger partial charge in [0.05, 0.1) is 27.7 Å². The molecule has 0 radical (unpaired) electrons. The van der Waals surface area contributed by atoms with Crippen LogP contribution in [0.5, 0.6) is 0 Å². The van der Waals surface area contributed by atoms with Crippen LogP contribution in [-0.2, 0) is 16.0 Å². The molecule has 3 rings (SSSR count). The summed E-state index contributed by atoms with van der Waals surface area (Å²) < 4.78 is 1.15. The van der Waals surface area contributed by atoms with Crippen LogP contribution in [0.1, 0.15) is 30.0 Å². The molecule has 0 aliphatic carbocycles. The van der Waals surface area contributed by atoms with Gasteiger partial charge in [0.15, 0.2) is 0 Å². The summed E-state index contributed by atoms with van der Waals surface area (Å²) in [4.78, 5) is 28.4. The average molecular weight is 402 g/mol. The summed E-state index contributed by atoms with van der Waals surface area (Å²) in [5.74, 6) is -0.304. The van der Waals surface area contributed by atoms with Gasteiger partial charge in [0.2, 0.25) is 11.8 Å². The second-order valence-corrected chi connectivity index (χ2v) is 7.74. The number of nitrogens with zero attached hydrogens (tertiary/aromatic N) is 1. The summed E-state index contributed by atoms with van der Waals surface area (Å²) in [6.07, 6.45) is 0.845. The number of para-hydroxylation sites is 1. The number of aromatic nitrogens is 1. The number of benzene rings is 2. The normalized spacial score (nSPS) is 11.9. The standard InChI is InChI=1S/C20H20ClN3O2S/c1-13(25)23-17(14-6-8-15(21)9-7-14)12-19(26)22-11-10-20-24-16-4-2-3-5-18(16)27-20/h2-9,17H,10-12H2,1H3,(H,22,26)(H,23,25). The molecule has 0 aliphatic heterocycles. The first kappa shape index (κ1) is 19.3. The lowest BCUT2D eigenvalue weighted by atomic mass is 10.0. The number of halogens is 1. The molecule has 0 fully saturated rings. The monoisotopic (exact) mass is 401 g/mol. The molecule has 140 valence electrons. The number of rotatable bonds is 7. The van der Waals surface area contributed by atoms with E-state index in [0.29, 0.717) is 18.0 Å². The SMILES string of the molecule is CC(=O)NC(CC(=O)NCCc1nc2ccccc2s1)c1ccc(Cl)cc1. The van der Waals surface area contributed by atoms with Crippen molar-refractivity contribution in [2.45, 2.75) is 25.8 Å². The van der Waals surface area contributed by atoms with E-state index in [2.05, 4.69) is 15.6 Å². The van der Waals surface area contributed by atoms with Crippen molar-refractivity contribution in [2.75, 3.05) is 6.54 Å². The van der Waals surface area contributed by atoms with Gasteiger partial charge >= 0.3 is 0 Å². The van der Waals surface area contributed by atoms with E-state index in [1.165, 1.54) is 6.92 Å². The van der Waals surface area contributed by atoms with Gasteiger partial charge in [-0.3, -0.25) is 9.59 Å². The number of fused-ring (bicyclic) bond motifs is 1. The highest BCUT2D eigenvalue weighted by Gasteiger charge is 2.17. The van der Waals surface area contributed by atoms with Gasteiger partial charge in [-0.25, -0.2) is 4.98 Å². The minimum Gasteiger partial charge on any atom is -0.356 e. The second kappa shape index (κ2) is 8.97. The molecule has 5 nitrogen and oxygen atoms in total. The molecular weight excluding hydrogens is 382 g/mol. The average Bonchev–Trinajstić information content (AvgIpc) is 3.04. The van der Waals surface area contributed by atoms with E-state index < -0.39 is 0 Å². The highest BCUT2D eigenvalue weighted by Crippen LogP contribution is 2.22. The topological polar surface area (TPSA) is 71.1 Å². The Morgan fingerprint density at radius 2 is 1.89 bits per heavy atom. The third kappa shape index (κ3) is 5.52. The van der Waals surface area contributed by atoms with Crippen molar-refractivity contribution in [1.29, 1.82) is 0 Å². The van der Waals surface area contributed by atoms with Crippen molar-refractivity contribution < 1.29 is 9.59 Å². The van der Waals surface area contributed by atoms with Crippen LogP contribution in [0.2, 0.25) is 5.02 Å². The maximum absolute atomic E-state index is 12.3. The smallest absolute Gasteiger partial charge is 0.222 e. The summed E-state index contributed by atoms with van der Waals surface area (Å²) in [6.45, 7) is 1.94.